The van der Waals surface area contributed by atoms with Gasteiger partial charge >= 0.3 is 0 Å². The molecule has 0 aliphatic rings. The maximum Gasteiger partial charge on any atom is 0.163 e. The summed E-state index contributed by atoms with van der Waals surface area (Å²) in [6, 6.07) is 12.4. The topological polar surface area (TPSA) is 47.3 Å². The van der Waals surface area contributed by atoms with E-state index in [0.717, 1.165) is 6.07 Å². The van der Waals surface area contributed by atoms with Gasteiger partial charge in [0.05, 0.1) is 6.04 Å². The van der Waals surface area contributed by atoms with Gasteiger partial charge in [-0.2, -0.15) is 0 Å². The third-order valence-electron chi connectivity index (χ3n) is 2.72. The molecule has 0 saturated carbocycles. The fourth-order valence-electron chi connectivity index (χ4n) is 1.71. The highest BCUT2D eigenvalue weighted by Gasteiger charge is 2.17. The summed E-state index contributed by atoms with van der Waals surface area (Å²) >= 11 is 0. The number of ether oxygens (including phenoxy) is 1. The molecule has 0 spiro atoms. The normalized spacial score (nSPS) is 12.2. The fourth-order valence-corrected chi connectivity index (χ4v) is 1.71. The molecule has 3 N–H and O–H groups in total. The van der Waals surface area contributed by atoms with E-state index in [1.165, 1.54) is 12.1 Å². The summed E-state index contributed by atoms with van der Waals surface area (Å²) in [5.41, 5.74) is 2.56. The summed E-state index contributed by atoms with van der Waals surface area (Å²) in [5.74, 6) is 4.19. The van der Waals surface area contributed by atoms with Crippen LogP contribution in [-0.4, -0.2) is 6.61 Å². The molecule has 5 heteroatoms. The highest BCUT2D eigenvalue weighted by Crippen LogP contribution is 2.20. The van der Waals surface area contributed by atoms with Gasteiger partial charge in [-0.05, 0) is 18.2 Å². The Hall–Kier alpha value is -1.98. The number of halogens is 2. The number of hydrazine groups is 1. The van der Waals surface area contributed by atoms with E-state index in [9.17, 15) is 8.78 Å². The van der Waals surface area contributed by atoms with E-state index in [2.05, 4.69) is 5.43 Å². The van der Waals surface area contributed by atoms with E-state index in [0.29, 0.717) is 5.75 Å². The predicted octanol–water partition coefficient (Wildman–Crippen LogP) is 2.55. The number of rotatable bonds is 5. The molecular formula is C14H14F2N2O. The van der Waals surface area contributed by atoms with Crippen LogP contribution in [0, 0.1) is 11.6 Å². The Bertz CT molecular complexity index is 534. The van der Waals surface area contributed by atoms with E-state index in [1.54, 1.807) is 12.1 Å². The van der Waals surface area contributed by atoms with Crippen molar-refractivity contribution in [3.05, 3.63) is 65.7 Å². The van der Waals surface area contributed by atoms with Crippen LogP contribution < -0.4 is 16.0 Å². The fraction of sp³-hybridized carbons (Fsp3) is 0.143. The van der Waals surface area contributed by atoms with E-state index in [1.807, 2.05) is 18.2 Å². The number of hydrogen-bond donors (Lipinski definition) is 2. The maximum atomic E-state index is 13.6. The van der Waals surface area contributed by atoms with Gasteiger partial charge < -0.3 is 4.74 Å². The lowest BCUT2D eigenvalue weighted by molar-refractivity contribution is 0.263. The quantitative estimate of drug-likeness (QED) is 0.644. The third kappa shape index (κ3) is 3.27. The Morgan fingerprint density at radius 1 is 1.05 bits per heavy atom. The summed E-state index contributed by atoms with van der Waals surface area (Å²) in [6.45, 7) is 0.0981. The van der Waals surface area contributed by atoms with Crippen LogP contribution in [0.1, 0.15) is 11.6 Å². The molecule has 19 heavy (non-hydrogen) atoms. The lowest BCUT2D eigenvalue weighted by Crippen LogP contribution is -2.33. The van der Waals surface area contributed by atoms with Crippen molar-refractivity contribution in [1.29, 1.82) is 0 Å². The summed E-state index contributed by atoms with van der Waals surface area (Å²) in [7, 11) is 0. The molecule has 2 aromatic rings. The molecule has 0 bridgehead atoms. The largest absolute Gasteiger partial charge is 0.492 e. The Labute approximate surface area is 110 Å². The monoisotopic (exact) mass is 264 g/mol. The molecule has 0 aromatic heterocycles. The molecule has 0 heterocycles. The van der Waals surface area contributed by atoms with Crippen LogP contribution in [0.5, 0.6) is 5.75 Å². The van der Waals surface area contributed by atoms with E-state index in [-0.39, 0.29) is 12.2 Å². The lowest BCUT2D eigenvalue weighted by Gasteiger charge is -2.18. The molecule has 2 rings (SSSR count). The zero-order valence-electron chi connectivity index (χ0n) is 10.1. The Balaban J connectivity index is 2.10. The minimum absolute atomic E-state index is 0.0981. The van der Waals surface area contributed by atoms with Crippen molar-refractivity contribution in [3.63, 3.8) is 0 Å². The first-order chi connectivity index (χ1) is 9.22. The van der Waals surface area contributed by atoms with E-state index >= 15 is 0 Å². The Morgan fingerprint density at radius 3 is 2.47 bits per heavy atom. The van der Waals surface area contributed by atoms with Crippen LogP contribution in [0.3, 0.4) is 0 Å². The summed E-state index contributed by atoms with van der Waals surface area (Å²) in [4.78, 5) is 0. The second-order valence-corrected chi connectivity index (χ2v) is 3.99. The smallest absolute Gasteiger partial charge is 0.163 e. The number of hydrogen-bond acceptors (Lipinski definition) is 3. The standard InChI is InChI=1S/C14H14F2N2O/c15-12-8-4-7-11(14(12)16)13(18-17)9-19-10-5-2-1-3-6-10/h1-8,13,18H,9,17H2. The SMILES string of the molecule is NNC(COc1ccccc1)c1cccc(F)c1F. The molecular weight excluding hydrogens is 250 g/mol. The molecule has 100 valence electrons. The minimum atomic E-state index is -0.915. The maximum absolute atomic E-state index is 13.6. The van der Waals surface area contributed by atoms with Crippen LogP contribution in [0.2, 0.25) is 0 Å². The van der Waals surface area contributed by atoms with Gasteiger partial charge in [0.1, 0.15) is 12.4 Å². The third-order valence-corrected chi connectivity index (χ3v) is 2.72. The summed E-state index contributed by atoms with van der Waals surface area (Å²) in [5, 5.41) is 0. The van der Waals surface area contributed by atoms with Crippen LogP contribution in [0.4, 0.5) is 8.78 Å². The molecule has 0 amide bonds. The van der Waals surface area contributed by atoms with Gasteiger partial charge in [0.2, 0.25) is 0 Å². The molecule has 3 nitrogen and oxygen atoms in total. The van der Waals surface area contributed by atoms with Gasteiger partial charge in [-0.25, -0.2) is 14.2 Å². The van der Waals surface area contributed by atoms with Crippen LogP contribution >= 0.6 is 0 Å². The molecule has 0 aliphatic heterocycles. The van der Waals surface area contributed by atoms with Crippen LogP contribution in [0.15, 0.2) is 48.5 Å². The van der Waals surface area contributed by atoms with Gasteiger partial charge in [0.25, 0.3) is 0 Å². The van der Waals surface area contributed by atoms with Gasteiger partial charge in [-0.15, -0.1) is 0 Å². The molecule has 1 unspecified atom stereocenters. The first-order valence-corrected chi connectivity index (χ1v) is 5.80. The van der Waals surface area contributed by atoms with Crippen molar-refractivity contribution in [3.8, 4) is 5.75 Å². The molecule has 2 aromatic carbocycles. The number of nitrogens with two attached hydrogens (primary N) is 1. The molecule has 0 aliphatic carbocycles. The van der Waals surface area contributed by atoms with Crippen LogP contribution in [0.25, 0.3) is 0 Å². The number of nitrogens with one attached hydrogen (secondary N) is 1. The first kappa shape index (κ1) is 13.5. The zero-order chi connectivity index (χ0) is 13.7. The second-order valence-electron chi connectivity index (χ2n) is 3.99. The lowest BCUT2D eigenvalue weighted by atomic mass is 10.1. The molecule has 0 saturated heterocycles. The summed E-state index contributed by atoms with van der Waals surface area (Å²) in [6.07, 6.45) is 0. The molecule has 1 atom stereocenters. The molecule has 0 radical (unpaired) electrons. The van der Waals surface area contributed by atoms with Crippen molar-refractivity contribution < 1.29 is 13.5 Å². The Morgan fingerprint density at radius 2 is 1.79 bits per heavy atom. The van der Waals surface area contributed by atoms with Crippen molar-refractivity contribution in [2.45, 2.75) is 6.04 Å². The van der Waals surface area contributed by atoms with Gasteiger partial charge in [-0.3, -0.25) is 5.84 Å². The zero-order valence-corrected chi connectivity index (χ0v) is 10.1. The van der Waals surface area contributed by atoms with Crippen molar-refractivity contribution >= 4 is 0 Å². The average molecular weight is 264 g/mol. The van der Waals surface area contributed by atoms with Crippen molar-refractivity contribution in [2.24, 2.45) is 5.84 Å². The van der Waals surface area contributed by atoms with E-state index < -0.39 is 17.7 Å². The number of benzene rings is 2. The van der Waals surface area contributed by atoms with Crippen LogP contribution in [-0.2, 0) is 0 Å². The van der Waals surface area contributed by atoms with Gasteiger partial charge in [0, 0.05) is 5.56 Å². The predicted molar refractivity (Wildman–Crippen MR) is 68.4 cm³/mol. The second kappa shape index (κ2) is 6.26. The van der Waals surface area contributed by atoms with Gasteiger partial charge in [-0.1, -0.05) is 30.3 Å². The number of para-hydroxylation sites is 1. The highest BCUT2D eigenvalue weighted by molar-refractivity contribution is 5.24. The summed E-state index contributed by atoms with van der Waals surface area (Å²) < 4.78 is 32.3. The van der Waals surface area contributed by atoms with Crippen molar-refractivity contribution in [1.82, 2.24) is 5.43 Å². The van der Waals surface area contributed by atoms with Gasteiger partial charge in [0.15, 0.2) is 11.6 Å². The highest BCUT2D eigenvalue weighted by atomic mass is 19.2. The first-order valence-electron chi connectivity index (χ1n) is 5.80. The Kier molecular flexibility index (Phi) is 4.43. The average Bonchev–Trinajstić information content (AvgIpc) is 2.45. The minimum Gasteiger partial charge on any atom is -0.492 e. The van der Waals surface area contributed by atoms with Crippen molar-refractivity contribution in [2.75, 3.05) is 6.61 Å². The van der Waals surface area contributed by atoms with E-state index in [4.69, 9.17) is 10.6 Å². The molecule has 0 fully saturated rings.